The number of methoxy groups -OCH3 is 1. The van der Waals surface area contributed by atoms with Crippen LogP contribution in [0, 0.1) is 5.82 Å². The van der Waals surface area contributed by atoms with Crippen molar-refractivity contribution >= 4 is 38.8 Å². The van der Waals surface area contributed by atoms with E-state index in [4.69, 9.17) is 4.74 Å². The highest BCUT2D eigenvalue weighted by atomic mass is 32.1. The summed E-state index contributed by atoms with van der Waals surface area (Å²) in [6.07, 6.45) is 0. The SMILES string of the molecule is COCCn1c(=NC(=O)c2cccs2)sc2cc(F)ccc21. The molecule has 0 atom stereocenters. The van der Waals surface area contributed by atoms with Crippen molar-refractivity contribution in [2.24, 2.45) is 4.99 Å². The third-order valence-corrected chi connectivity index (χ3v) is 4.99. The van der Waals surface area contributed by atoms with E-state index in [1.165, 1.54) is 34.8 Å². The average molecular weight is 336 g/mol. The largest absolute Gasteiger partial charge is 0.383 e. The van der Waals surface area contributed by atoms with Crippen molar-refractivity contribution in [3.63, 3.8) is 0 Å². The Morgan fingerprint density at radius 1 is 1.41 bits per heavy atom. The van der Waals surface area contributed by atoms with Crippen LogP contribution in [0.5, 0.6) is 0 Å². The van der Waals surface area contributed by atoms with Gasteiger partial charge < -0.3 is 9.30 Å². The highest BCUT2D eigenvalue weighted by Gasteiger charge is 2.10. The van der Waals surface area contributed by atoms with Gasteiger partial charge in [0.1, 0.15) is 5.82 Å². The molecule has 22 heavy (non-hydrogen) atoms. The van der Waals surface area contributed by atoms with Crippen LogP contribution in [-0.4, -0.2) is 24.2 Å². The van der Waals surface area contributed by atoms with Crippen molar-refractivity contribution in [3.8, 4) is 0 Å². The zero-order valence-electron chi connectivity index (χ0n) is 11.8. The molecule has 2 aromatic heterocycles. The maximum absolute atomic E-state index is 13.4. The molecule has 7 heteroatoms. The van der Waals surface area contributed by atoms with Gasteiger partial charge in [0.15, 0.2) is 4.80 Å². The van der Waals surface area contributed by atoms with Crippen molar-refractivity contribution in [2.45, 2.75) is 6.54 Å². The van der Waals surface area contributed by atoms with Crippen molar-refractivity contribution in [1.29, 1.82) is 0 Å². The third-order valence-electron chi connectivity index (χ3n) is 3.09. The van der Waals surface area contributed by atoms with E-state index < -0.39 is 0 Å². The number of halogens is 1. The van der Waals surface area contributed by atoms with Gasteiger partial charge >= 0.3 is 0 Å². The number of amides is 1. The Labute approximate surface area is 134 Å². The molecule has 0 saturated heterocycles. The molecular formula is C15H13FN2O2S2. The van der Waals surface area contributed by atoms with E-state index in [2.05, 4.69) is 4.99 Å². The quantitative estimate of drug-likeness (QED) is 0.734. The molecule has 0 spiro atoms. The van der Waals surface area contributed by atoms with E-state index in [1.807, 2.05) is 16.0 Å². The van der Waals surface area contributed by atoms with Crippen molar-refractivity contribution in [1.82, 2.24) is 4.57 Å². The van der Waals surface area contributed by atoms with Crippen molar-refractivity contribution < 1.29 is 13.9 Å². The standard InChI is InChI=1S/C15H13FN2O2S2/c1-20-7-6-18-11-5-4-10(16)9-13(11)22-15(18)17-14(19)12-3-2-8-21-12/h2-5,8-9H,6-7H2,1H3. The molecule has 3 rings (SSSR count). The Morgan fingerprint density at radius 2 is 2.27 bits per heavy atom. The Balaban J connectivity index is 2.12. The molecular weight excluding hydrogens is 323 g/mol. The highest BCUT2D eigenvalue weighted by molar-refractivity contribution is 7.16. The first-order valence-electron chi connectivity index (χ1n) is 6.59. The summed E-state index contributed by atoms with van der Waals surface area (Å²) in [6.45, 7) is 1.04. The Hall–Kier alpha value is -1.83. The Morgan fingerprint density at radius 3 is 3.00 bits per heavy atom. The molecule has 0 aliphatic rings. The Kier molecular flexibility index (Phi) is 4.47. The molecule has 0 fully saturated rings. The highest BCUT2D eigenvalue weighted by Crippen LogP contribution is 2.19. The number of carbonyl (C=O) groups excluding carboxylic acids is 1. The van der Waals surface area contributed by atoms with Crippen LogP contribution in [0.4, 0.5) is 4.39 Å². The lowest BCUT2D eigenvalue weighted by Gasteiger charge is -2.03. The predicted octanol–water partition coefficient (Wildman–Crippen LogP) is 3.29. The minimum absolute atomic E-state index is 0.284. The van der Waals surface area contributed by atoms with Gasteiger partial charge in [-0.05, 0) is 29.6 Å². The molecule has 0 N–H and O–H groups in total. The van der Waals surface area contributed by atoms with Crippen molar-refractivity contribution in [3.05, 3.63) is 51.2 Å². The number of aromatic nitrogens is 1. The molecule has 3 aromatic rings. The summed E-state index contributed by atoms with van der Waals surface area (Å²) in [4.78, 5) is 17.5. The second-order valence-corrected chi connectivity index (χ2v) is 6.49. The van der Waals surface area contributed by atoms with Gasteiger partial charge in [-0.15, -0.1) is 11.3 Å². The summed E-state index contributed by atoms with van der Waals surface area (Å²) in [5.41, 5.74) is 0.848. The molecule has 0 bridgehead atoms. The molecule has 0 radical (unpaired) electrons. The van der Waals surface area contributed by atoms with E-state index in [-0.39, 0.29) is 11.7 Å². The number of carbonyl (C=O) groups is 1. The van der Waals surface area contributed by atoms with Gasteiger partial charge in [0, 0.05) is 13.7 Å². The van der Waals surface area contributed by atoms with Crippen LogP contribution >= 0.6 is 22.7 Å². The third kappa shape index (κ3) is 3.01. The summed E-state index contributed by atoms with van der Waals surface area (Å²) >= 11 is 2.65. The number of fused-ring (bicyclic) bond motifs is 1. The van der Waals surface area contributed by atoms with Crippen LogP contribution in [0.1, 0.15) is 9.67 Å². The van der Waals surface area contributed by atoms with Crippen LogP contribution in [0.2, 0.25) is 0 Å². The number of hydrogen-bond donors (Lipinski definition) is 0. The smallest absolute Gasteiger partial charge is 0.289 e. The average Bonchev–Trinajstić information content (AvgIpc) is 3.12. The lowest BCUT2D eigenvalue weighted by molar-refractivity contribution is 0.100. The number of ether oxygens (including phenoxy) is 1. The maximum Gasteiger partial charge on any atom is 0.289 e. The molecule has 0 saturated carbocycles. The van der Waals surface area contributed by atoms with Crippen LogP contribution in [0.15, 0.2) is 40.7 Å². The van der Waals surface area contributed by atoms with E-state index in [1.54, 1.807) is 19.2 Å². The minimum Gasteiger partial charge on any atom is -0.383 e. The normalized spacial score (nSPS) is 12.2. The lowest BCUT2D eigenvalue weighted by atomic mass is 10.3. The number of thiazole rings is 1. The fourth-order valence-corrected chi connectivity index (χ4v) is 3.76. The van der Waals surface area contributed by atoms with Crippen LogP contribution in [0.25, 0.3) is 10.2 Å². The lowest BCUT2D eigenvalue weighted by Crippen LogP contribution is -2.19. The maximum atomic E-state index is 13.4. The van der Waals surface area contributed by atoms with Crippen LogP contribution in [-0.2, 0) is 11.3 Å². The van der Waals surface area contributed by atoms with Gasteiger partial charge in [-0.25, -0.2) is 4.39 Å². The topological polar surface area (TPSA) is 43.6 Å². The summed E-state index contributed by atoms with van der Waals surface area (Å²) in [5, 5.41) is 1.84. The molecule has 1 amide bonds. The zero-order chi connectivity index (χ0) is 15.5. The van der Waals surface area contributed by atoms with Gasteiger partial charge in [-0.1, -0.05) is 17.4 Å². The van der Waals surface area contributed by atoms with Gasteiger partial charge in [-0.2, -0.15) is 4.99 Å². The molecule has 1 aromatic carbocycles. The van der Waals surface area contributed by atoms with Gasteiger partial charge in [0.05, 0.1) is 21.7 Å². The van der Waals surface area contributed by atoms with Crippen LogP contribution < -0.4 is 4.80 Å². The van der Waals surface area contributed by atoms with Gasteiger partial charge in [0.2, 0.25) is 0 Å². The summed E-state index contributed by atoms with van der Waals surface area (Å²) in [7, 11) is 1.61. The second kappa shape index (κ2) is 6.51. The van der Waals surface area contributed by atoms with E-state index in [0.29, 0.717) is 22.8 Å². The molecule has 114 valence electrons. The number of thiophene rings is 1. The first-order chi connectivity index (χ1) is 10.7. The minimum atomic E-state index is -0.302. The predicted molar refractivity (Wildman–Crippen MR) is 85.9 cm³/mol. The summed E-state index contributed by atoms with van der Waals surface area (Å²) < 4.78 is 21.1. The summed E-state index contributed by atoms with van der Waals surface area (Å²) in [5.74, 6) is -0.586. The summed E-state index contributed by atoms with van der Waals surface area (Å²) in [6, 6.07) is 8.11. The molecule has 0 unspecified atom stereocenters. The van der Waals surface area contributed by atoms with Gasteiger partial charge in [-0.3, -0.25) is 4.79 Å². The monoisotopic (exact) mass is 336 g/mol. The molecule has 2 heterocycles. The van der Waals surface area contributed by atoms with Gasteiger partial charge in [0.25, 0.3) is 5.91 Å². The first-order valence-corrected chi connectivity index (χ1v) is 8.29. The molecule has 0 aliphatic heterocycles. The first kappa shape index (κ1) is 15.1. The van der Waals surface area contributed by atoms with Crippen molar-refractivity contribution in [2.75, 3.05) is 13.7 Å². The number of rotatable bonds is 4. The Bertz CT molecular complexity index is 865. The zero-order valence-corrected chi connectivity index (χ0v) is 13.4. The van der Waals surface area contributed by atoms with E-state index >= 15 is 0 Å². The van der Waals surface area contributed by atoms with Crippen LogP contribution in [0.3, 0.4) is 0 Å². The molecule has 0 aliphatic carbocycles. The molecule has 4 nitrogen and oxygen atoms in total. The van der Waals surface area contributed by atoms with E-state index in [0.717, 1.165) is 10.2 Å². The fourth-order valence-electron chi connectivity index (χ4n) is 2.07. The number of benzene rings is 1. The fraction of sp³-hybridized carbons (Fsp3) is 0.200. The van der Waals surface area contributed by atoms with E-state index in [9.17, 15) is 9.18 Å². The number of hydrogen-bond acceptors (Lipinski definition) is 4. The number of nitrogens with zero attached hydrogens (tertiary/aromatic N) is 2. The second-order valence-electron chi connectivity index (χ2n) is 4.54.